The standard InChI is InChI=1S/C13H19FN2O2S/c1-19-9-5-3-2-4-8-15-12-7-6-11(14)10-13(12)16(17)18/h6-7,10,15H,2-5,8-9H2,1H3. The Labute approximate surface area is 116 Å². The van der Waals surface area contributed by atoms with Gasteiger partial charge in [-0.15, -0.1) is 0 Å². The van der Waals surface area contributed by atoms with Gasteiger partial charge in [0.2, 0.25) is 0 Å². The molecule has 0 amide bonds. The Bertz CT molecular complexity index is 416. The SMILES string of the molecule is CSCCCCCCNc1ccc(F)cc1[N+](=O)[O-]. The highest BCUT2D eigenvalue weighted by Crippen LogP contribution is 2.24. The topological polar surface area (TPSA) is 55.2 Å². The second-order valence-electron chi connectivity index (χ2n) is 4.25. The molecule has 1 aromatic rings. The fourth-order valence-corrected chi connectivity index (χ4v) is 2.25. The first-order valence-electron chi connectivity index (χ1n) is 6.32. The van der Waals surface area contributed by atoms with Gasteiger partial charge in [0, 0.05) is 6.54 Å². The van der Waals surface area contributed by atoms with Gasteiger partial charge in [-0.3, -0.25) is 10.1 Å². The third-order valence-electron chi connectivity index (χ3n) is 2.75. The van der Waals surface area contributed by atoms with Gasteiger partial charge < -0.3 is 5.32 Å². The number of halogens is 1. The monoisotopic (exact) mass is 286 g/mol. The normalized spacial score (nSPS) is 10.4. The summed E-state index contributed by atoms with van der Waals surface area (Å²) in [5.41, 5.74) is 0.179. The van der Waals surface area contributed by atoms with Crippen molar-refractivity contribution < 1.29 is 9.31 Å². The summed E-state index contributed by atoms with van der Waals surface area (Å²) < 4.78 is 12.9. The summed E-state index contributed by atoms with van der Waals surface area (Å²) in [6, 6.07) is 3.59. The van der Waals surface area contributed by atoms with E-state index in [-0.39, 0.29) is 5.69 Å². The van der Waals surface area contributed by atoms with Crippen LogP contribution in [0, 0.1) is 15.9 Å². The number of hydrogen-bond donors (Lipinski definition) is 1. The van der Waals surface area contributed by atoms with E-state index >= 15 is 0 Å². The van der Waals surface area contributed by atoms with Crippen LogP contribution in [0.4, 0.5) is 15.8 Å². The Morgan fingerprint density at radius 3 is 2.74 bits per heavy atom. The molecule has 1 aromatic carbocycles. The molecule has 6 heteroatoms. The number of nitro benzene ring substituents is 1. The highest BCUT2D eigenvalue weighted by molar-refractivity contribution is 7.98. The Morgan fingerprint density at radius 1 is 1.32 bits per heavy atom. The zero-order valence-electron chi connectivity index (χ0n) is 11.0. The summed E-state index contributed by atoms with van der Waals surface area (Å²) in [6.07, 6.45) is 6.53. The molecule has 0 aromatic heterocycles. The molecule has 4 nitrogen and oxygen atoms in total. The Hall–Kier alpha value is -1.30. The van der Waals surface area contributed by atoms with Gasteiger partial charge in [-0.2, -0.15) is 11.8 Å². The van der Waals surface area contributed by atoms with Crippen LogP contribution < -0.4 is 5.32 Å². The third kappa shape index (κ3) is 5.92. The number of nitrogens with zero attached hydrogens (tertiary/aromatic N) is 1. The van der Waals surface area contributed by atoms with E-state index in [1.54, 1.807) is 0 Å². The van der Waals surface area contributed by atoms with Crippen molar-refractivity contribution in [2.75, 3.05) is 23.9 Å². The van der Waals surface area contributed by atoms with E-state index in [2.05, 4.69) is 11.6 Å². The second-order valence-corrected chi connectivity index (χ2v) is 5.24. The van der Waals surface area contributed by atoms with Crippen molar-refractivity contribution in [2.24, 2.45) is 0 Å². The van der Waals surface area contributed by atoms with Crippen LogP contribution in [0.3, 0.4) is 0 Å². The molecular formula is C13H19FN2O2S. The molecule has 0 radical (unpaired) electrons. The molecule has 0 atom stereocenters. The zero-order chi connectivity index (χ0) is 14.1. The maximum absolute atomic E-state index is 12.9. The highest BCUT2D eigenvalue weighted by atomic mass is 32.2. The number of nitro groups is 1. The fraction of sp³-hybridized carbons (Fsp3) is 0.538. The van der Waals surface area contributed by atoms with Gasteiger partial charge in [-0.25, -0.2) is 4.39 Å². The molecule has 0 fully saturated rings. The second kappa shape index (κ2) is 8.74. The molecule has 106 valence electrons. The number of unbranched alkanes of at least 4 members (excludes halogenated alkanes) is 3. The predicted octanol–water partition coefficient (Wildman–Crippen LogP) is 4.07. The van der Waals surface area contributed by atoms with Crippen LogP contribution in [0.1, 0.15) is 25.7 Å². The minimum atomic E-state index is -0.589. The minimum Gasteiger partial charge on any atom is -0.379 e. The van der Waals surface area contributed by atoms with E-state index in [0.29, 0.717) is 12.2 Å². The summed E-state index contributed by atoms with van der Waals surface area (Å²) in [5, 5.41) is 13.8. The average Bonchev–Trinajstić information content (AvgIpc) is 2.39. The van der Waals surface area contributed by atoms with Crippen LogP contribution >= 0.6 is 11.8 Å². The van der Waals surface area contributed by atoms with Crippen molar-refractivity contribution in [1.29, 1.82) is 0 Å². The molecule has 0 unspecified atom stereocenters. The molecule has 0 aliphatic rings. The van der Waals surface area contributed by atoms with E-state index in [1.165, 1.54) is 30.7 Å². The van der Waals surface area contributed by atoms with E-state index in [0.717, 1.165) is 18.9 Å². The molecule has 1 N–H and O–H groups in total. The van der Waals surface area contributed by atoms with Crippen molar-refractivity contribution in [3.63, 3.8) is 0 Å². The number of thioether (sulfide) groups is 1. The fourth-order valence-electron chi connectivity index (χ4n) is 1.75. The van der Waals surface area contributed by atoms with Crippen molar-refractivity contribution in [2.45, 2.75) is 25.7 Å². The van der Waals surface area contributed by atoms with E-state index in [9.17, 15) is 14.5 Å². The molecule has 1 rings (SSSR count). The Morgan fingerprint density at radius 2 is 2.05 bits per heavy atom. The maximum Gasteiger partial charge on any atom is 0.295 e. The quantitative estimate of drug-likeness (QED) is 0.422. The average molecular weight is 286 g/mol. The summed E-state index contributed by atoms with van der Waals surface area (Å²) in [4.78, 5) is 10.2. The van der Waals surface area contributed by atoms with Gasteiger partial charge in [-0.1, -0.05) is 12.8 Å². The first kappa shape index (κ1) is 15.8. The Kier molecular flexibility index (Phi) is 7.25. The third-order valence-corrected chi connectivity index (χ3v) is 3.44. The highest BCUT2D eigenvalue weighted by Gasteiger charge is 2.13. The van der Waals surface area contributed by atoms with Crippen LogP contribution in [0.15, 0.2) is 18.2 Å². The van der Waals surface area contributed by atoms with Crippen LogP contribution in [0.25, 0.3) is 0 Å². The zero-order valence-corrected chi connectivity index (χ0v) is 11.8. The molecule has 0 saturated heterocycles. The largest absolute Gasteiger partial charge is 0.379 e. The van der Waals surface area contributed by atoms with E-state index in [4.69, 9.17) is 0 Å². The maximum atomic E-state index is 12.9. The summed E-state index contributed by atoms with van der Waals surface area (Å²) in [6.45, 7) is 0.672. The molecule has 0 bridgehead atoms. The molecular weight excluding hydrogens is 267 g/mol. The summed E-state index contributed by atoms with van der Waals surface area (Å²) in [7, 11) is 0. The van der Waals surface area contributed by atoms with E-state index in [1.807, 2.05) is 11.8 Å². The first-order valence-corrected chi connectivity index (χ1v) is 7.71. The molecule has 0 spiro atoms. The molecule has 0 aliphatic carbocycles. The Balaban J connectivity index is 2.35. The van der Waals surface area contributed by atoms with Gasteiger partial charge in [0.25, 0.3) is 5.69 Å². The summed E-state index contributed by atoms with van der Waals surface area (Å²) >= 11 is 1.84. The lowest BCUT2D eigenvalue weighted by Gasteiger charge is -2.07. The van der Waals surface area contributed by atoms with Crippen molar-refractivity contribution >= 4 is 23.1 Å². The number of benzene rings is 1. The molecule has 0 heterocycles. The van der Waals surface area contributed by atoms with Crippen LogP contribution in [-0.4, -0.2) is 23.5 Å². The smallest absolute Gasteiger partial charge is 0.295 e. The van der Waals surface area contributed by atoms with E-state index < -0.39 is 10.7 Å². The number of rotatable bonds is 9. The van der Waals surface area contributed by atoms with Gasteiger partial charge in [0.1, 0.15) is 11.5 Å². The van der Waals surface area contributed by atoms with Crippen LogP contribution in [-0.2, 0) is 0 Å². The lowest BCUT2D eigenvalue weighted by molar-refractivity contribution is -0.384. The van der Waals surface area contributed by atoms with Gasteiger partial charge >= 0.3 is 0 Å². The van der Waals surface area contributed by atoms with Crippen LogP contribution in [0.5, 0.6) is 0 Å². The predicted molar refractivity (Wildman–Crippen MR) is 78.4 cm³/mol. The lowest BCUT2D eigenvalue weighted by Crippen LogP contribution is -2.04. The lowest BCUT2D eigenvalue weighted by atomic mass is 10.2. The van der Waals surface area contributed by atoms with Gasteiger partial charge in [0.15, 0.2) is 0 Å². The van der Waals surface area contributed by atoms with Crippen molar-refractivity contribution in [3.8, 4) is 0 Å². The van der Waals surface area contributed by atoms with Gasteiger partial charge in [0.05, 0.1) is 11.0 Å². The van der Waals surface area contributed by atoms with Gasteiger partial charge in [-0.05, 0) is 37.0 Å². The molecule has 0 saturated carbocycles. The van der Waals surface area contributed by atoms with Crippen molar-refractivity contribution in [3.05, 3.63) is 34.1 Å². The molecule has 19 heavy (non-hydrogen) atoms. The summed E-state index contributed by atoms with van der Waals surface area (Å²) in [5.74, 6) is 0.589. The first-order chi connectivity index (χ1) is 9.15. The molecule has 0 aliphatic heterocycles. The number of nitrogens with one attached hydrogen (secondary N) is 1. The van der Waals surface area contributed by atoms with Crippen molar-refractivity contribution in [1.82, 2.24) is 0 Å². The number of hydrogen-bond acceptors (Lipinski definition) is 4. The van der Waals surface area contributed by atoms with Crippen LogP contribution in [0.2, 0.25) is 0 Å². The number of anilines is 1. The minimum absolute atomic E-state index is 0.206.